The lowest BCUT2D eigenvalue weighted by Gasteiger charge is -2.38. The molecular weight excluding hydrogens is 270 g/mol. The smallest absolute Gasteiger partial charge is 0.281 e. The molecule has 4 N–H and O–H groups in total. The predicted molar refractivity (Wildman–Crippen MR) is 70.2 cm³/mol. The van der Waals surface area contributed by atoms with Gasteiger partial charge in [-0.05, 0) is 25.7 Å². The van der Waals surface area contributed by atoms with Crippen molar-refractivity contribution in [2.75, 3.05) is 26.2 Å². The van der Waals surface area contributed by atoms with Gasteiger partial charge >= 0.3 is 0 Å². The van der Waals surface area contributed by atoms with E-state index in [2.05, 4.69) is 0 Å². The molecule has 0 radical (unpaired) electrons. The Hall–Kier alpha value is -0.250. The van der Waals surface area contributed by atoms with E-state index in [1.165, 1.54) is 8.61 Å². The molecule has 2 aliphatic heterocycles. The number of rotatable bonds is 3. The van der Waals surface area contributed by atoms with E-state index >= 15 is 0 Å². The quantitative estimate of drug-likeness (QED) is 0.559. The van der Waals surface area contributed by atoms with Crippen molar-refractivity contribution in [3.05, 3.63) is 0 Å². The molecule has 0 aromatic rings. The maximum Gasteiger partial charge on any atom is 0.281 e. The second-order valence-electron chi connectivity index (χ2n) is 5.42. The summed E-state index contributed by atoms with van der Waals surface area (Å²) < 4.78 is 27.8. The van der Waals surface area contributed by atoms with Gasteiger partial charge in [0.15, 0.2) is 6.29 Å². The van der Waals surface area contributed by atoms with Crippen molar-refractivity contribution in [1.82, 2.24) is 8.61 Å². The third-order valence-corrected chi connectivity index (χ3v) is 6.00. The van der Waals surface area contributed by atoms with E-state index in [1.807, 2.05) is 0 Å². The Kier molecular flexibility index (Phi) is 4.80. The zero-order valence-electron chi connectivity index (χ0n) is 11.0. The molecule has 2 rings (SSSR count). The zero-order valence-corrected chi connectivity index (χ0v) is 11.8. The van der Waals surface area contributed by atoms with E-state index < -0.39 is 22.4 Å². The Bertz CT molecular complexity index is 393. The van der Waals surface area contributed by atoms with Crippen LogP contribution in [0.3, 0.4) is 0 Å². The summed E-state index contributed by atoms with van der Waals surface area (Å²) in [4.78, 5) is 0. The van der Waals surface area contributed by atoms with Crippen LogP contribution in [-0.2, 0) is 10.2 Å². The number of nitrogens with zero attached hydrogens (tertiary/aromatic N) is 2. The fourth-order valence-corrected chi connectivity index (χ4v) is 4.44. The molecule has 2 aliphatic rings. The van der Waals surface area contributed by atoms with Gasteiger partial charge in [0.1, 0.15) is 0 Å². The van der Waals surface area contributed by atoms with Crippen LogP contribution in [0.5, 0.6) is 0 Å². The summed E-state index contributed by atoms with van der Waals surface area (Å²) in [5.41, 5.74) is 5.78. The van der Waals surface area contributed by atoms with Gasteiger partial charge in [-0.25, -0.2) is 0 Å². The number of piperidine rings is 2. The predicted octanol–water partition coefficient (Wildman–Crippen LogP) is -1.32. The lowest BCUT2D eigenvalue weighted by atomic mass is 9.99. The Morgan fingerprint density at radius 3 is 2.26 bits per heavy atom. The van der Waals surface area contributed by atoms with Gasteiger partial charge in [-0.15, -0.1) is 0 Å². The molecule has 0 aromatic heterocycles. The van der Waals surface area contributed by atoms with Gasteiger partial charge in [-0.3, -0.25) is 0 Å². The molecule has 0 saturated carbocycles. The van der Waals surface area contributed by atoms with Gasteiger partial charge in [-0.2, -0.15) is 17.0 Å². The summed E-state index contributed by atoms with van der Waals surface area (Å²) in [6.07, 6.45) is 1.22. The SMILES string of the molecule is NC1CCN(S(=O)(=O)N2CCCC(C(O)O)C2)CC1. The molecule has 8 heteroatoms. The van der Waals surface area contributed by atoms with Gasteiger partial charge in [-0.1, -0.05) is 0 Å². The molecule has 0 aliphatic carbocycles. The van der Waals surface area contributed by atoms with E-state index in [1.54, 1.807) is 0 Å². The number of aliphatic hydroxyl groups excluding tert-OH is 1. The first-order valence-corrected chi connectivity index (χ1v) is 8.18. The number of aliphatic hydroxyl groups is 2. The summed E-state index contributed by atoms with van der Waals surface area (Å²) in [5.74, 6) is -0.393. The Balaban J connectivity index is 2.02. The van der Waals surface area contributed by atoms with E-state index in [-0.39, 0.29) is 12.6 Å². The third-order valence-electron chi connectivity index (χ3n) is 3.99. The number of nitrogens with two attached hydrogens (primary N) is 1. The second-order valence-corrected chi connectivity index (χ2v) is 7.35. The number of hydrogen-bond donors (Lipinski definition) is 3. The van der Waals surface area contributed by atoms with Crippen molar-refractivity contribution in [3.63, 3.8) is 0 Å². The lowest BCUT2D eigenvalue weighted by Crippen LogP contribution is -2.52. The van der Waals surface area contributed by atoms with Crippen LogP contribution >= 0.6 is 0 Å². The first-order valence-electron chi connectivity index (χ1n) is 6.78. The summed E-state index contributed by atoms with van der Waals surface area (Å²) in [5, 5.41) is 18.4. The minimum Gasteiger partial charge on any atom is -0.368 e. The molecule has 1 atom stereocenters. The van der Waals surface area contributed by atoms with E-state index in [4.69, 9.17) is 5.73 Å². The Morgan fingerprint density at radius 1 is 1.05 bits per heavy atom. The molecule has 2 heterocycles. The van der Waals surface area contributed by atoms with Gasteiger partial charge < -0.3 is 15.9 Å². The average Bonchev–Trinajstić information content (AvgIpc) is 2.39. The number of hydrogen-bond acceptors (Lipinski definition) is 5. The van der Waals surface area contributed by atoms with Crippen LogP contribution in [0, 0.1) is 5.92 Å². The van der Waals surface area contributed by atoms with Gasteiger partial charge in [0.25, 0.3) is 10.2 Å². The van der Waals surface area contributed by atoms with Crippen molar-refractivity contribution in [2.24, 2.45) is 11.7 Å². The highest BCUT2D eigenvalue weighted by atomic mass is 32.2. The molecule has 7 nitrogen and oxygen atoms in total. The van der Waals surface area contributed by atoms with E-state index in [0.717, 1.165) is 0 Å². The molecule has 0 amide bonds. The summed E-state index contributed by atoms with van der Waals surface area (Å²) in [6.45, 7) is 1.54. The van der Waals surface area contributed by atoms with Crippen LogP contribution in [0.25, 0.3) is 0 Å². The highest BCUT2D eigenvalue weighted by Gasteiger charge is 2.36. The van der Waals surface area contributed by atoms with Gasteiger partial charge in [0.05, 0.1) is 0 Å². The third kappa shape index (κ3) is 3.45. The second kappa shape index (κ2) is 6.02. The Labute approximate surface area is 114 Å². The van der Waals surface area contributed by atoms with Crippen molar-refractivity contribution in [3.8, 4) is 0 Å². The zero-order chi connectivity index (χ0) is 14.0. The van der Waals surface area contributed by atoms with Crippen LogP contribution in [0.15, 0.2) is 0 Å². The summed E-state index contributed by atoms with van der Waals surface area (Å²) in [6, 6.07) is 0.0832. The van der Waals surface area contributed by atoms with Crippen molar-refractivity contribution >= 4 is 10.2 Å². The van der Waals surface area contributed by atoms with E-state index in [9.17, 15) is 18.6 Å². The first kappa shape index (κ1) is 15.1. The van der Waals surface area contributed by atoms with Crippen LogP contribution in [0.4, 0.5) is 0 Å². The maximum absolute atomic E-state index is 12.5. The average molecular weight is 293 g/mol. The lowest BCUT2D eigenvalue weighted by molar-refractivity contribution is -0.0949. The van der Waals surface area contributed by atoms with Crippen LogP contribution in [0.2, 0.25) is 0 Å². The van der Waals surface area contributed by atoms with Crippen molar-refractivity contribution in [2.45, 2.75) is 38.0 Å². The van der Waals surface area contributed by atoms with Crippen LogP contribution < -0.4 is 5.73 Å². The maximum atomic E-state index is 12.5. The topological polar surface area (TPSA) is 107 Å². The molecule has 2 saturated heterocycles. The highest BCUT2D eigenvalue weighted by molar-refractivity contribution is 7.86. The van der Waals surface area contributed by atoms with Crippen LogP contribution in [-0.4, -0.2) is 65.8 Å². The molecule has 0 aromatic carbocycles. The summed E-state index contributed by atoms with van der Waals surface area (Å²) >= 11 is 0. The largest absolute Gasteiger partial charge is 0.368 e. The first-order chi connectivity index (χ1) is 8.91. The highest BCUT2D eigenvalue weighted by Crippen LogP contribution is 2.24. The molecule has 2 fully saturated rings. The molecular formula is C11H23N3O4S. The van der Waals surface area contributed by atoms with E-state index in [0.29, 0.717) is 45.3 Å². The fourth-order valence-electron chi connectivity index (χ4n) is 2.70. The normalized spacial score (nSPS) is 28.9. The van der Waals surface area contributed by atoms with Crippen molar-refractivity contribution < 1.29 is 18.6 Å². The van der Waals surface area contributed by atoms with Gasteiger partial charge in [0, 0.05) is 38.1 Å². The molecule has 1 unspecified atom stereocenters. The molecule has 112 valence electrons. The molecule has 0 spiro atoms. The minimum atomic E-state index is -3.49. The monoisotopic (exact) mass is 293 g/mol. The van der Waals surface area contributed by atoms with Crippen molar-refractivity contribution in [1.29, 1.82) is 0 Å². The van der Waals surface area contributed by atoms with Gasteiger partial charge in [0.2, 0.25) is 0 Å². The van der Waals surface area contributed by atoms with Crippen LogP contribution in [0.1, 0.15) is 25.7 Å². The standard InChI is InChI=1S/C11H23N3O4S/c12-10-3-6-13(7-4-10)19(17,18)14-5-1-2-9(8-14)11(15)16/h9-11,15-16H,1-8,12H2. The summed E-state index contributed by atoms with van der Waals surface area (Å²) in [7, 11) is -3.49. The molecule has 19 heavy (non-hydrogen) atoms. The fraction of sp³-hybridized carbons (Fsp3) is 1.00. The Morgan fingerprint density at radius 2 is 1.68 bits per heavy atom. The minimum absolute atomic E-state index is 0.0832. The molecule has 0 bridgehead atoms.